The molecule has 31 heavy (non-hydrogen) atoms. The van der Waals surface area contributed by atoms with Gasteiger partial charge in [-0.1, -0.05) is 30.3 Å². The molecule has 0 bridgehead atoms. The van der Waals surface area contributed by atoms with Gasteiger partial charge in [0.05, 0.1) is 31.7 Å². The van der Waals surface area contributed by atoms with Crippen molar-refractivity contribution in [1.82, 2.24) is 20.0 Å². The highest BCUT2D eigenvalue weighted by Gasteiger charge is 2.18. The van der Waals surface area contributed by atoms with Gasteiger partial charge in [-0.25, -0.2) is 4.68 Å². The van der Waals surface area contributed by atoms with Crippen LogP contribution in [0.15, 0.2) is 60.7 Å². The molecule has 3 aromatic rings. The molecule has 2 heterocycles. The van der Waals surface area contributed by atoms with E-state index < -0.39 is 0 Å². The van der Waals surface area contributed by atoms with Gasteiger partial charge in [-0.2, -0.15) is 5.10 Å². The first-order chi connectivity index (χ1) is 15.2. The molecule has 2 aromatic carbocycles. The van der Waals surface area contributed by atoms with E-state index in [4.69, 9.17) is 14.6 Å². The third-order valence-corrected chi connectivity index (χ3v) is 5.35. The Kier molecular flexibility index (Phi) is 6.96. The quantitative estimate of drug-likeness (QED) is 0.568. The number of rotatable bonds is 8. The number of para-hydroxylation sites is 1. The number of nitrogens with zero attached hydrogens (tertiary/aromatic N) is 3. The largest absolute Gasteiger partial charge is 0.497 e. The maximum atomic E-state index is 13.0. The first-order valence-electron chi connectivity index (χ1n) is 10.6. The Morgan fingerprint density at radius 3 is 2.68 bits per heavy atom. The van der Waals surface area contributed by atoms with E-state index in [1.54, 1.807) is 11.8 Å². The van der Waals surface area contributed by atoms with Crippen LogP contribution in [0.25, 0.3) is 16.9 Å². The van der Waals surface area contributed by atoms with Gasteiger partial charge in [0.2, 0.25) is 0 Å². The molecule has 0 radical (unpaired) electrons. The number of aromatic nitrogens is 2. The summed E-state index contributed by atoms with van der Waals surface area (Å²) in [5, 5.41) is 7.78. The normalized spacial score (nSPS) is 14.4. The molecule has 1 N–H and O–H groups in total. The maximum Gasteiger partial charge on any atom is 0.270 e. The van der Waals surface area contributed by atoms with Gasteiger partial charge in [0, 0.05) is 25.2 Å². The second kappa shape index (κ2) is 10.2. The number of amides is 1. The SMILES string of the molecule is COc1cccc(-c2cc(C(=O)NCCCN3CCOCC3)n(-c3ccccc3)n2)c1. The molecule has 7 nitrogen and oxygen atoms in total. The van der Waals surface area contributed by atoms with Crippen molar-refractivity contribution in [3.05, 3.63) is 66.4 Å². The summed E-state index contributed by atoms with van der Waals surface area (Å²) in [6.07, 6.45) is 0.897. The van der Waals surface area contributed by atoms with Gasteiger partial charge < -0.3 is 14.8 Å². The molecule has 162 valence electrons. The Balaban J connectivity index is 1.50. The Morgan fingerprint density at radius 2 is 1.90 bits per heavy atom. The van der Waals surface area contributed by atoms with E-state index in [-0.39, 0.29) is 5.91 Å². The third-order valence-electron chi connectivity index (χ3n) is 5.35. The Hall–Kier alpha value is -3.16. The van der Waals surface area contributed by atoms with Gasteiger partial charge in [-0.05, 0) is 43.3 Å². The number of methoxy groups -OCH3 is 1. The second-order valence-electron chi connectivity index (χ2n) is 7.46. The molecule has 7 heteroatoms. The molecular formula is C24H28N4O3. The molecule has 1 fully saturated rings. The van der Waals surface area contributed by atoms with Gasteiger partial charge in [0.25, 0.3) is 5.91 Å². The van der Waals surface area contributed by atoms with Gasteiger partial charge in [0.1, 0.15) is 11.4 Å². The number of morpholine rings is 1. The summed E-state index contributed by atoms with van der Waals surface area (Å²) in [5.41, 5.74) is 2.97. The van der Waals surface area contributed by atoms with Crippen molar-refractivity contribution in [1.29, 1.82) is 0 Å². The van der Waals surface area contributed by atoms with Crippen molar-refractivity contribution < 1.29 is 14.3 Å². The molecule has 0 atom stereocenters. The average Bonchev–Trinajstić information content (AvgIpc) is 3.29. The van der Waals surface area contributed by atoms with Crippen LogP contribution in [0.5, 0.6) is 5.75 Å². The fraction of sp³-hybridized carbons (Fsp3) is 0.333. The molecule has 0 aliphatic carbocycles. The van der Waals surface area contributed by atoms with Crippen molar-refractivity contribution in [3.63, 3.8) is 0 Å². The molecule has 0 saturated carbocycles. The zero-order valence-corrected chi connectivity index (χ0v) is 17.8. The lowest BCUT2D eigenvalue weighted by Crippen LogP contribution is -2.38. The number of carbonyl (C=O) groups is 1. The summed E-state index contributed by atoms with van der Waals surface area (Å²) in [6.45, 7) is 5.06. The highest BCUT2D eigenvalue weighted by Crippen LogP contribution is 2.25. The summed E-state index contributed by atoms with van der Waals surface area (Å²) >= 11 is 0. The summed E-state index contributed by atoms with van der Waals surface area (Å²) in [5.74, 6) is 0.619. The van der Waals surface area contributed by atoms with E-state index in [1.165, 1.54) is 0 Å². The summed E-state index contributed by atoms with van der Waals surface area (Å²) in [7, 11) is 1.64. The minimum atomic E-state index is -0.132. The van der Waals surface area contributed by atoms with Crippen LogP contribution in [0.4, 0.5) is 0 Å². The highest BCUT2D eigenvalue weighted by molar-refractivity contribution is 5.94. The van der Waals surface area contributed by atoms with E-state index in [2.05, 4.69) is 10.2 Å². The fourth-order valence-corrected chi connectivity index (χ4v) is 3.65. The Morgan fingerprint density at radius 1 is 1.10 bits per heavy atom. The minimum absolute atomic E-state index is 0.132. The van der Waals surface area contributed by atoms with Crippen LogP contribution in [-0.2, 0) is 4.74 Å². The highest BCUT2D eigenvalue weighted by atomic mass is 16.5. The van der Waals surface area contributed by atoms with E-state index in [0.717, 1.165) is 62.0 Å². The lowest BCUT2D eigenvalue weighted by Gasteiger charge is -2.26. The van der Waals surface area contributed by atoms with Crippen LogP contribution in [0.3, 0.4) is 0 Å². The standard InChI is InChI=1S/C24H28N4O3/c1-30-21-10-5-7-19(17-21)22-18-23(28(26-22)20-8-3-2-4-9-20)24(29)25-11-6-12-27-13-15-31-16-14-27/h2-5,7-10,17-18H,6,11-16H2,1H3,(H,25,29). The number of nitrogens with one attached hydrogen (secondary N) is 1. The predicted octanol–water partition coefficient (Wildman–Crippen LogP) is 3.00. The fourth-order valence-electron chi connectivity index (χ4n) is 3.65. The number of benzene rings is 2. The second-order valence-corrected chi connectivity index (χ2v) is 7.46. The predicted molar refractivity (Wildman–Crippen MR) is 120 cm³/mol. The molecule has 0 unspecified atom stereocenters. The lowest BCUT2D eigenvalue weighted by molar-refractivity contribution is 0.0374. The molecule has 1 aromatic heterocycles. The van der Waals surface area contributed by atoms with Crippen LogP contribution in [-0.4, -0.2) is 67.1 Å². The molecule has 0 spiro atoms. The van der Waals surface area contributed by atoms with Crippen LogP contribution >= 0.6 is 0 Å². The molecule has 1 amide bonds. The zero-order valence-electron chi connectivity index (χ0n) is 17.8. The Labute approximate surface area is 182 Å². The van der Waals surface area contributed by atoms with Gasteiger partial charge in [-0.3, -0.25) is 9.69 Å². The van der Waals surface area contributed by atoms with Gasteiger partial charge in [0.15, 0.2) is 0 Å². The van der Waals surface area contributed by atoms with Crippen LogP contribution in [0, 0.1) is 0 Å². The van der Waals surface area contributed by atoms with E-state index in [0.29, 0.717) is 12.2 Å². The van der Waals surface area contributed by atoms with E-state index in [1.807, 2.05) is 60.7 Å². The molecule has 1 saturated heterocycles. The van der Waals surface area contributed by atoms with Crippen molar-refractivity contribution in [2.45, 2.75) is 6.42 Å². The van der Waals surface area contributed by atoms with Crippen molar-refractivity contribution in [2.75, 3.05) is 46.5 Å². The number of hydrogen-bond donors (Lipinski definition) is 1. The number of hydrogen-bond acceptors (Lipinski definition) is 5. The lowest BCUT2D eigenvalue weighted by atomic mass is 10.1. The topological polar surface area (TPSA) is 68.6 Å². The van der Waals surface area contributed by atoms with Crippen molar-refractivity contribution in [3.8, 4) is 22.7 Å². The van der Waals surface area contributed by atoms with Gasteiger partial charge in [-0.15, -0.1) is 0 Å². The van der Waals surface area contributed by atoms with Crippen molar-refractivity contribution >= 4 is 5.91 Å². The minimum Gasteiger partial charge on any atom is -0.497 e. The molecule has 4 rings (SSSR count). The van der Waals surface area contributed by atoms with Crippen LogP contribution < -0.4 is 10.1 Å². The molecule has 1 aliphatic heterocycles. The maximum absolute atomic E-state index is 13.0. The zero-order chi connectivity index (χ0) is 21.5. The average molecular weight is 421 g/mol. The van der Waals surface area contributed by atoms with E-state index in [9.17, 15) is 4.79 Å². The number of carbonyl (C=O) groups excluding carboxylic acids is 1. The summed E-state index contributed by atoms with van der Waals surface area (Å²) in [6, 6.07) is 19.2. The Bertz CT molecular complexity index is 997. The third kappa shape index (κ3) is 5.31. The summed E-state index contributed by atoms with van der Waals surface area (Å²) in [4.78, 5) is 15.4. The first kappa shape index (κ1) is 21.1. The molecule has 1 aliphatic rings. The van der Waals surface area contributed by atoms with E-state index >= 15 is 0 Å². The monoisotopic (exact) mass is 420 g/mol. The van der Waals surface area contributed by atoms with Crippen LogP contribution in [0.1, 0.15) is 16.9 Å². The smallest absolute Gasteiger partial charge is 0.270 e. The summed E-state index contributed by atoms with van der Waals surface area (Å²) < 4.78 is 12.4. The first-order valence-corrected chi connectivity index (χ1v) is 10.6. The number of ether oxygens (including phenoxy) is 2. The van der Waals surface area contributed by atoms with Crippen LogP contribution in [0.2, 0.25) is 0 Å². The van der Waals surface area contributed by atoms with Crippen molar-refractivity contribution in [2.24, 2.45) is 0 Å². The van der Waals surface area contributed by atoms with Gasteiger partial charge >= 0.3 is 0 Å². The molecular weight excluding hydrogens is 392 g/mol.